The summed E-state index contributed by atoms with van der Waals surface area (Å²) in [4.78, 5) is 14.1. The van der Waals surface area contributed by atoms with Crippen molar-refractivity contribution in [2.24, 2.45) is 17.9 Å². The molecule has 7 nitrogen and oxygen atoms in total. The van der Waals surface area contributed by atoms with Gasteiger partial charge >= 0.3 is 0 Å². The molecule has 1 rings (SSSR count). The number of nitrogens with zero attached hydrogens (tertiary/aromatic N) is 4. The molecule has 0 aromatic carbocycles. The van der Waals surface area contributed by atoms with Crippen molar-refractivity contribution in [2.45, 2.75) is 33.2 Å². The first-order valence-electron chi connectivity index (χ1n) is 6.14. The van der Waals surface area contributed by atoms with E-state index in [9.17, 15) is 4.79 Å². The topological polar surface area (TPSA) is 96.7 Å². The largest absolute Gasteiger partial charge is 0.409 e. The average molecular weight is 267 g/mol. The third-order valence-corrected chi connectivity index (χ3v) is 3.09. The van der Waals surface area contributed by atoms with Crippen LogP contribution in [0.4, 0.5) is 0 Å². The molecule has 0 aliphatic rings. The molecular weight excluding hydrogens is 246 g/mol. The predicted molar refractivity (Wildman–Crippen MR) is 72.1 cm³/mol. The highest BCUT2D eigenvalue weighted by Crippen LogP contribution is 2.12. The fraction of sp³-hybridized carbons (Fsp3) is 0.583. The Morgan fingerprint density at radius 3 is 2.68 bits per heavy atom. The van der Waals surface area contributed by atoms with Crippen LogP contribution in [0, 0.1) is 6.92 Å². The van der Waals surface area contributed by atoms with Gasteiger partial charge in [-0.2, -0.15) is 5.10 Å². The van der Waals surface area contributed by atoms with E-state index >= 15 is 0 Å². The smallest absolute Gasteiger partial charge is 0.257 e. The summed E-state index contributed by atoms with van der Waals surface area (Å²) in [5, 5.41) is 15.5. The summed E-state index contributed by atoms with van der Waals surface area (Å²) >= 11 is 0. The van der Waals surface area contributed by atoms with E-state index in [-0.39, 0.29) is 17.8 Å². The highest BCUT2D eigenvalue weighted by atomic mass is 16.4. The summed E-state index contributed by atoms with van der Waals surface area (Å²) in [5.41, 5.74) is 6.84. The average Bonchev–Trinajstić information content (AvgIpc) is 2.69. The minimum atomic E-state index is -0.0914. The van der Waals surface area contributed by atoms with Gasteiger partial charge in [0.05, 0.1) is 11.8 Å². The Morgan fingerprint density at radius 2 is 2.26 bits per heavy atom. The van der Waals surface area contributed by atoms with Crippen molar-refractivity contribution in [1.29, 1.82) is 0 Å². The Balaban J connectivity index is 2.88. The number of hydrogen-bond donors (Lipinski definition) is 2. The van der Waals surface area contributed by atoms with Gasteiger partial charge in [-0.15, -0.1) is 0 Å². The molecule has 0 atom stereocenters. The number of carbonyl (C=O) groups excluding carboxylic acids is 1. The highest BCUT2D eigenvalue weighted by molar-refractivity contribution is 5.95. The lowest BCUT2D eigenvalue weighted by atomic mass is 10.2. The molecule has 1 aromatic heterocycles. The minimum absolute atomic E-state index is 0.0265. The first kappa shape index (κ1) is 15.0. The number of oxime groups is 1. The third-order valence-electron chi connectivity index (χ3n) is 3.09. The zero-order valence-corrected chi connectivity index (χ0v) is 11.8. The predicted octanol–water partition coefficient (Wildman–Crippen LogP) is 0.716. The van der Waals surface area contributed by atoms with Gasteiger partial charge in [-0.1, -0.05) is 5.16 Å². The van der Waals surface area contributed by atoms with Crippen LogP contribution in [0.5, 0.6) is 0 Å². The number of aryl methyl sites for hydroxylation is 1. The Bertz CT molecular complexity index is 478. The van der Waals surface area contributed by atoms with Crippen LogP contribution in [-0.2, 0) is 7.05 Å². The first-order valence-corrected chi connectivity index (χ1v) is 6.14. The first-order chi connectivity index (χ1) is 8.88. The molecule has 1 heterocycles. The highest BCUT2D eigenvalue weighted by Gasteiger charge is 2.22. The van der Waals surface area contributed by atoms with Crippen molar-refractivity contribution >= 4 is 11.7 Å². The second-order valence-corrected chi connectivity index (χ2v) is 4.70. The van der Waals surface area contributed by atoms with Crippen molar-refractivity contribution in [3.8, 4) is 0 Å². The van der Waals surface area contributed by atoms with E-state index in [1.165, 1.54) is 0 Å². The van der Waals surface area contributed by atoms with Crippen molar-refractivity contribution in [3.63, 3.8) is 0 Å². The minimum Gasteiger partial charge on any atom is -0.409 e. The van der Waals surface area contributed by atoms with Crippen LogP contribution in [0.15, 0.2) is 11.4 Å². The summed E-state index contributed by atoms with van der Waals surface area (Å²) in [5.74, 6) is 0.0210. The molecule has 0 saturated carbocycles. The van der Waals surface area contributed by atoms with Crippen LogP contribution in [0.3, 0.4) is 0 Å². The lowest BCUT2D eigenvalue weighted by molar-refractivity contribution is 0.0710. The van der Waals surface area contributed by atoms with Gasteiger partial charge in [0.15, 0.2) is 0 Å². The molecule has 0 bridgehead atoms. The number of nitrogens with two attached hydrogens (primary N) is 1. The lowest BCUT2D eigenvalue weighted by Crippen LogP contribution is -2.39. The normalized spacial score (nSPS) is 11.9. The van der Waals surface area contributed by atoms with Crippen LogP contribution in [0.25, 0.3) is 0 Å². The lowest BCUT2D eigenvalue weighted by Gasteiger charge is -2.26. The summed E-state index contributed by atoms with van der Waals surface area (Å²) < 4.78 is 1.66. The van der Waals surface area contributed by atoms with Crippen LogP contribution < -0.4 is 5.73 Å². The van der Waals surface area contributed by atoms with Crippen molar-refractivity contribution < 1.29 is 10.0 Å². The standard InChI is InChI=1S/C12H21N5O2/c1-8(2)17(6-5-11(13)15-19)12(18)10-7-14-16(4)9(10)3/h7-8,19H,5-6H2,1-4H3,(H2,13,15). The zero-order chi connectivity index (χ0) is 14.6. The third kappa shape index (κ3) is 3.46. The van der Waals surface area contributed by atoms with Gasteiger partial charge in [-0.3, -0.25) is 9.48 Å². The van der Waals surface area contributed by atoms with Gasteiger partial charge in [0.1, 0.15) is 5.84 Å². The summed E-state index contributed by atoms with van der Waals surface area (Å²) in [6, 6.07) is 0.0265. The maximum Gasteiger partial charge on any atom is 0.257 e. The molecule has 3 N–H and O–H groups in total. The number of rotatable bonds is 5. The van der Waals surface area contributed by atoms with Crippen molar-refractivity contribution in [2.75, 3.05) is 6.54 Å². The molecule has 0 saturated heterocycles. The summed E-state index contributed by atoms with van der Waals surface area (Å²) in [6.07, 6.45) is 1.90. The van der Waals surface area contributed by atoms with E-state index < -0.39 is 0 Å². The Kier molecular flexibility index (Phi) is 4.91. The molecule has 0 fully saturated rings. The Hall–Kier alpha value is -2.05. The quantitative estimate of drug-likeness (QED) is 0.355. The number of amidine groups is 1. The monoisotopic (exact) mass is 267 g/mol. The second-order valence-electron chi connectivity index (χ2n) is 4.70. The van der Waals surface area contributed by atoms with E-state index in [1.54, 1.807) is 22.8 Å². The SMILES string of the molecule is Cc1c(C(=O)N(CC/C(N)=N/O)C(C)C)cnn1C. The van der Waals surface area contributed by atoms with E-state index in [1.807, 2.05) is 20.8 Å². The van der Waals surface area contributed by atoms with Gasteiger partial charge in [0.25, 0.3) is 5.91 Å². The molecule has 0 aliphatic carbocycles. The van der Waals surface area contributed by atoms with E-state index in [0.29, 0.717) is 18.5 Å². The Labute approximate surface area is 112 Å². The molecular formula is C12H21N5O2. The van der Waals surface area contributed by atoms with Gasteiger partial charge in [0.2, 0.25) is 0 Å². The molecule has 0 unspecified atom stereocenters. The summed E-state index contributed by atoms with van der Waals surface area (Å²) in [6.45, 7) is 6.11. The number of aromatic nitrogens is 2. The Morgan fingerprint density at radius 1 is 1.63 bits per heavy atom. The fourth-order valence-corrected chi connectivity index (χ4v) is 1.74. The molecule has 0 aliphatic heterocycles. The molecule has 106 valence electrons. The van der Waals surface area contributed by atoms with E-state index in [4.69, 9.17) is 10.9 Å². The van der Waals surface area contributed by atoms with Crippen LogP contribution in [0.2, 0.25) is 0 Å². The molecule has 0 spiro atoms. The number of amides is 1. The molecule has 0 radical (unpaired) electrons. The van der Waals surface area contributed by atoms with E-state index in [0.717, 1.165) is 5.69 Å². The van der Waals surface area contributed by atoms with Crippen LogP contribution in [0.1, 0.15) is 36.3 Å². The molecule has 1 amide bonds. The summed E-state index contributed by atoms with van der Waals surface area (Å²) in [7, 11) is 1.79. The van der Waals surface area contributed by atoms with Gasteiger partial charge in [0, 0.05) is 31.7 Å². The van der Waals surface area contributed by atoms with Crippen molar-refractivity contribution in [1.82, 2.24) is 14.7 Å². The zero-order valence-electron chi connectivity index (χ0n) is 11.8. The number of hydrogen-bond acceptors (Lipinski definition) is 4. The maximum atomic E-state index is 12.5. The van der Waals surface area contributed by atoms with Crippen molar-refractivity contribution in [3.05, 3.63) is 17.5 Å². The molecule has 1 aromatic rings. The maximum absolute atomic E-state index is 12.5. The fourth-order valence-electron chi connectivity index (χ4n) is 1.74. The van der Waals surface area contributed by atoms with Gasteiger partial charge in [-0.25, -0.2) is 0 Å². The van der Waals surface area contributed by atoms with Gasteiger partial charge in [-0.05, 0) is 20.8 Å². The molecule has 7 heteroatoms. The molecule has 19 heavy (non-hydrogen) atoms. The van der Waals surface area contributed by atoms with Crippen LogP contribution in [-0.4, -0.2) is 44.2 Å². The van der Waals surface area contributed by atoms with E-state index in [2.05, 4.69) is 10.3 Å². The number of carbonyl (C=O) groups is 1. The second kappa shape index (κ2) is 6.21. The van der Waals surface area contributed by atoms with Gasteiger partial charge < -0.3 is 15.8 Å². The van der Waals surface area contributed by atoms with Crippen LogP contribution >= 0.6 is 0 Å².